The van der Waals surface area contributed by atoms with Crippen molar-refractivity contribution in [3.63, 3.8) is 0 Å². The Morgan fingerprint density at radius 3 is 2.73 bits per heavy atom. The van der Waals surface area contributed by atoms with Gasteiger partial charge in [-0.15, -0.1) is 0 Å². The van der Waals surface area contributed by atoms with Crippen molar-refractivity contribution in [3.05, 3.63) is 23.3 Å². The van der Waals surface area contributed by atoms with Crippen LogP contribution >= 0.6 is 0 Å². The van der Waals surface area contributed by atoms with Gasteiger partial charge in [0.1, 0.15) is 0 Å². The molecule has 4 heteroatoms. The largest absolute Gasteiger partial charge is 0.493 e. The zero-order valence-corrected chi connectivity index (χ0v) is 8.79. The fraction of sp³-hybridized carbons (Fsp3) is 0.364. The highest BCUT2D eigenvalue weighted by molar-refractivity contribution is 6.00. The van der Waals surface area contributed by atoms with Crippen LogP contribution in [0.25, 0.3) is 0 Å². The molecule has 0 saturated heterocycles. The number of rotatable bonds is 2. The zero-order valence-electron chi connectivity index (χ0n) is 8.79. The molecule has 0 aliphatic carbocycles. The topological polar surface area (TPSA) is 47.6 Å². The number of benzene rings is 1. The van der Waals surface area contributed by atoms with Gasteiger partial charge in [0.25, 0.3) is 5.91 Å². The summed E-state index contributed by atoms with van der Waals surface area (Å²) in [5.74, 6) is 1.02. The Labute approximate surface area is 88.2 Å². The maximum atomic E-state index is 11.7. The lowest BCUT2D eigenvalue weighted by atomic mass is 9.99. The van der Waals surface area contributed by atoms with E-state index in [1.807, 2.05) is 12.1 Å². The van der Waals surface area contributed by atoms with E-state index in [0.717, 1.165) is 12.0 Å². The molecular weight excluding hydrogens is 194 g/mol. The second-order valence-electron chi connectivity index (χ2n) is 3.34. The Hall–Kier alpha value is -1.71. The smallest absolute Gasteiger partial charge is 0.255 e. The summed E-state index contributed by atoms with van der Waals surface area (Å²) < 4.78 is 10.4. The number of ether oxygens (including phenoxy) is 2. The quantitative estimate of drug-likeness (QED) is 0.786. The standard InChI is InChI=1S/C11H13NO3/c1-14-8-4-3-7-5-6-12-11(13)9(7)10(8)15-2/h3-4H,5-6H2,1-2H3,(H,12,13). The maximum absolute atomic E-state index is 11.7. The third-order valence-corrected chi connectivity index (χ3v) is 2.54. The van der Waals surface area contributed by atoms with Crippen LogP contribution in [0.15, 0.2) is 12.1 Å². The molecule has 0 saturated carbocycles. The van der Waals surface area contributed by atoms with Gasteiger partial charge in [-0.2, -0.15) is 0 Å². The Balaban J connectivity index is 2.61. The maximum Gasteiger partial charge on any atom is 0.255 e. The Morgan fingerprint density at radius 2 is 2.07 bits per heavy atom. The van der Waals surface area contributed by atoms with E-state index in [1.54, 1.807) is 14.2 Å². The first kappa shape index (κ1) is 9.83. The third kappa shape index (κ3) is 1.52. The highest BCUT2D eigenvalue weighted by Gasteiger charge is 2.23. The molecule has 1 heterocycles. The van der Waals surface area contributed by atoms with Crippen LogP contribution in [0.1, 0.15) is 15.9 Å². The van der Waals surface area contributed by atoms with Crippen molar-refractivity contribution < 1.29 is 14.3 Å². The van der Waals surface area contributed by atoms with E-state index in [1.165, 1.54) is 0 Å². The summed E-state index contributed by atoms with van der Waals surface area (Å²) in [6, 6.07) is 3.74. The van der Waals surface area contributed by atoms with Gasteiger partial charge in [0, 0.05) is 6.54 Å². The fourth-order valence-electron chi connectivity index (χ4n) is 1.82. The highest BCUT2D eigenvalue weighted by Crippen LogP contribution is 2.34. The number of carbonyl (C=O) groups excluding carboxylic acids is 1. The van der Waals surface area contributed by atoms with Gasteiger partial charge in [-0.1, -0.05) is 6.07 Å². The van der Waals surface area contributed by atoms with E-state index >= 15 is 0 Å². The van der Waals surface area contributed by atoms with Gasteiger partial charge < -0.3 is 14.8 Å². The van der Waals surface area contributed by atoms with Gasteiger partial charge in [0.2, 0.25) is 0 Å². The van der Waals surface area contributed by atoms with Crippen LogP contribution in [0.2, 0.25) is 0 Å². The number of hydrogen-bond acceptors (Lipinski definition) is 3. The lowest BCUT2D eigenvalue weighted by Gasteiger charge is -2.20. The van der Waals surface area contributed by atoms with E-state index in [-0.39, 0.29) is 5.91 Å². The number of hydrogen-bond donors (Lipinski definition) is 1. The molecule has 0 spiro atoms. The molecule has 15 heavy (non-hydrogen) atoms. The number of nitrogens with one attached hydrogen (secondary N) is 1. The van der Waals surface area contributed by atoms with Crippen LogP contribution < -0.4 is 14.8 Å². The van der Waals surface area contributed by atoms with Crippen LogP contribution in [0.4, 0.5) is 0 Å². The minimum absolute atomic E-state index is 0.0907. The van der Waals surface area contributed by atoms with Crippen molar-refractivity contribution >= 4 is 5.91 Å². The van der Waals surface area contributed by atoms with Gasteiger partial charge in [-0.05, 0) is 18.1 Å². The molecule has 80 valence electrons. The Kier molecular flexibility index (Phi) is 2.49. The van der Waals surface area contributed by atoms with Gasteiger partial charge in [0.15, 0.2) is 11.5 Å². The van der Waals surface area contributed by atoms with Crippen molar-refractivity contribution in [1.82, 2.24) is 5.32 Å². The molecule has 0 aromatic heterocycles. The Bertz CT molecular complexity index is 401. The molecule has 0 fully saturated rings. The zero-order chi connectivity index (χ0) is 10.8. The normalized spacial score (nSPS) is 14.1. The molecule has 0 radical (unpaired) electrons. The predicted octanol–water partition coefficient (Wildman–Crippen LogP) is 0.990. The van der Waals surface area contributed by atoms with Crippen molar-refractivity contribution in [1.29, 1.82) is 0 Å². The third-order valence-electron chi connectivity index (χ3n) is 2.54. The van der Waals surface area contributed by atoms with E-state index in [4.69, 9.17) is 9.47 Å². The van der Waals surface area contributed by atoms with E-state index in [9.17, 15) is 4.79 Å². The average Bonchev–Trinajstić information content (AvgIpc) is 2.28. The molecule has 1 aliphatic rings. The van der Waals surface area contributed by atoms with Gasteiger partial charge in [-0.3, -0.25) is 4.79 Å². The highest BCUT2D eigenvalue weighted by atomic mass is 16.5. The summed E-state index contributed by atoms with van der Waals surface area (Å²) in [6.07, 6.45) is 0.835. The lowest BCUT2D eigenvalue weighted by Crippen LogP contribution is -2.32. The summed E-state index contributed by atoms with van der Waals surface area (Å²) in [7, 11) is 3.10. The van der Waals surface area contributed by atoms with Crippen molar-refractivity contribution in [2.75, 3.05) is 20.8 Å². The minimum atomic E-state index is -0.0907. The molecule has 0 atom stereocenters. The summed E-state index contributed by atoms with van der Waals surface area (Å²) in [4.78, 5) is 11.7. The molecule has 1 N–H and O–H groups in total. The van der Waals surface area contributed by atoms with Gasteiger partial charge in [0.05, 0.1) is 19.8 Å². The molecule has 1 aromatic carbocycles. The number of methoxy groups -OCH3 is 2. The second-order valence-corrected chi connectivity index (χ2v) is 3.34. The first-order valence-corrected chi connectivity index (χ1v) is 4.80. The van der Waals surface area contributed by atoms with Gasteiger partial charge in [-0.25, -0.2) is 0 Å². The van der Waals surface area contributed by atoms with Crippen LogP contribution in [-0.2, 0) is 6.42 Å². The SMILES string of the molecule is COc1ccc2c(c1OC)C(=O)NCC2. The summed E-state index contributed by atoms with van der Waals surface area (Å²) in [5.41, 5.74) is 1.61. The van der Waals surface area contributed by atoms with Crippen LogP contribution in [-0.4, -0.2) is 26.7 Å². The number of fused-ring (bicyclic) bond motifs is 1. The fourth-order valence-corrected chi connectivity index (χ4v) is 1.82. The summed E-state index contributed by atoms with van der Waals surface area (Å²) in [6.45, 7) is 0.682. The lowest BCUT2D eigenvalue weighted by molar-refractivity contribution is 0.0942. The molecule has 2 rings (SSSR count). The molecule has 1 aromatic rings. The molecule has 0 unspecified atom stereocenters. The minimum Gasteiger partial charge on any atom is -0.493 e. The summed E-state index contributed by atoms with van der Waals surface area (Å²) in [5, 5.41) is 2.79. The average molecular weight is 207 g/mol. The number of carbonyl (C=O) groups is 1. The van der Waals surface area contributed by atoms with Crippen molar-refractivity contribution in [2.24, 2.45) is 0 Å². The predicted molar refractivity (Wildman–Crippen MR) is 55.6 cm³/mol. The molecule has 0 bridgehead atoms. The second kappa shape index (κ2) is 3.81. The molecule has 1 aliphatic heterocycles. The van der Waals surface area contributed by atoms with Crippen LogP contribution in [0.5, 0.6) is 11.5 Å². The van der Waals surface area contributed by atoms with Crippen LogP contribution in [0, 0.1) is 0 Å². The number of amides is 1. The Morgan fingerprint density at radius 1 is 1.27 bits per heavy atom. The van der Waals surface area contributed by atoms with E-state index in [0.29, 0.717) is 23.6 Å². The van der Waals surface area contributed by atoms with Gasteiger partial charge >= 0.3 is 0 Å². The summed E-state index contributed by atoms with van der Waals surface area (Å²) >= 11 is 0. The first-order chi connectivity index (χ1) is 7.27. The molecule has 1 amide bonds. The van der Waals surface area contributed by atoms with Crippen molar-refractivity contribution in [3.8, 4) is 11.5 Å². The first-order valence-electron chi connectivity index (χ1n) is 4.80. The molecular formula is C11H13NO3. The van der Waals surface area contributed by atoms with Crippen molar-refractivity contribution in [2.45, 2.75) is 6.42 Å². The van der Waals surface area contributed by atoms with E-state index in [2.05, 4.69) is 5.32 Å². The van der Waals surface area contributed by atoms with E-state index < -0.39 is 0 Å². The van der Waals surface area contributed by atoms with Crippen LogP contribution in [0.3, 0.4) is 0 Å². The molecule has 4 nitrogen and oxygen atoms in total. The monoisotopic (exact) mass is 207 g/mol.